The summed E-state index contributed by atoms with van der Waals surface area (Å²) in [5.74, 6) is 0. The van der Waals surface area contributed by atoms with Crippen molar-refractivity contribution in [2.24, 2.45) is 0 Å². The van der Waals surface area contributed by atoms with Crippen LogP contribution in [0.15, 0.2) is 6.20 Å². The van der Waals surface area contributed by atoms with Gasteiger partial charge in [0.25, 0.3) is 0 Å². The van der Waals surface area contributed by atoms with Gasteiger partial charge in [-0.3, -0.25) is 4.68 Å². The van der Waals surface area contributed by atoms with Crippen molar-refractivity contribution in [1.82, 2.24) is 9.78 Å². The van der Waals surface area contributed by atoms with Crippen molar-refractivity contribution in [3.8, 4) is 0 Å². The molecule has 0 aromatic carbocycles. The zero-order valence-electron chi connectivity index (χ0n) is 10.1. The summed E-state index contributed by atoms with van der Waals surface area (Å²) in [4.78, 5) is 0. The zero-order valence-corrected chi connectivity index (χ0v) is 10.9. The highest BCUT2D eigenvalue weighted by atomic mass is 35.5. The van der Waals surface area contributed by atoms with Gasteiger partial charge in [0, 0.05) is 6.04 Å². The summed E-state index contributed by atoms with van der Waals surface area (Å²) in [7, 11) is 0. The highest BCUT2D eigenvalue weighted by Gasteiger charge is 2.20. The molecule has 1 atom stereocenters. The molecule has 0 bridgehead atoms. The SMILES string of the molecule is CC(C)OCC(O)c1c(Cl)cnn1C(C)C. The summed E-state index contributed by atoms with van der Waals surface area (Å²) in [5, 5.41) is 14.6. The van der Waals surface area contributed by atoms with E-state index >= 15 is 0 Å². The average molecular weight is 247 g/mol. The third-order valence-corrected chi connectivity index (χ3v) is 2.47. The summed E-state index contributed by atoms with van der Waals surface area (Å²) in [6.45, 7) is 8.06. The first-order valence-electron chi connectivity index (χ1n) is 5.46. The van der Waals surface area contributed by atoms with E-state index in [0.717, 1.165) is 0 Å². The molecule has 92 valence electrons. The van der Waals surface area contributed by atoms with Crippen LogP contribution >= 0.6 is 11.6 Å². The Morgan fingerprint density at radius 1 is 1.44 bits per heavy atom. The van der Waals surface area contributed by atoms with E-state index in [-0.39, 0.29) is 18.8 Å². The topological polar surface area (TPSA) is 47.3 Å². The van der Waals surface area contributed by atoms with E-state index in [1.807, 2.05) is 27.7 Å². The van der Waals surface area contributed by atoms with Crippen molar-refractivity contribution >= 4 is 11.6 Å². The van der Waals surface area contributed by atoms with Gasteiger partial charge in [-0.15, -0.1) is 0 Å². The minimum absolute atomic E-state index is 0.0869. The molecule has 0 aliphatic heterocycles. The fraction of sp³-hybridized carbons (Fsp3) is 0.727. The first-order chi connectivity index (χ1) is 7.43. The highest BCUT2D eigenvalue weighted by molar-refractivity contribution is 6.31. The van der Waals surface area contributed by atoms with Crippen LogP contribution in [0.4, 0.5) is 0 Å². The van der Waals surface area contributed by atoms with Crippen molar-refractivity contribution in [3.05, 3.63) is 16.9 Å². The van der Waals surface area contributed by atoms with Crippen molar-refractivity contribution < 1.29 is 9.84 Å². The van der Waals surface area contributed by atoms with Crippen molar-refractivity contribution in [3.63, 3.8) is 0 Å². The quantitative estimate of drug-likeness (QED) is 0.869. The van der Waals surface area contributed by atoms with E-state index in [2.05, 4.69) is 5.10 Å². The number of hydrogen-bond acceptors (Lipinski definition) is 3. The fourth-order valence-electron chi connectivity index (χ4n) is 1.44. The molecule has 0 spiro atoms. The third-order valence-electron chi connectivity index (χ3n) is 2.18. The van der Waals surface area contributed by atoms with Crippen LogP contribution in [0.5, 0.6) is 0 Å². The Balaban J connectivity index is 2.81. The average Bonchev–Trinajstić information content (AvgIpc) is 2.56. The molecule has 0 aliphatic rings. The monoisotopic (exact) mass is 246 g/mol. The predicted octanol–water partition coefficient (Wildman–Crippen LogP) is 2.58. The first kappa shape index (κ1) is 13.5. The standard InChI is InChI=1S/C11H19ClN2O2/c1-7(2)14-11(9(12)5-13-14)10(15)6-16-8(3)4/h5,7-8,10,15H,6H2,1-4H3. The molecule has 1 unspecified atom stereocenters. The molecule has 1 heterocycles. The Bertz CT molecular complexity index is 337. The number of ether oxygens (including phenoxy) is 1. The Hall–Kier alpha value is -0.580. The number of aliphatic hydroxyl groups excluding tert-OH is 1. The molecule has 0 saturated heterocycles. The zero-order chi connectivity index (χ0) is 12.3. The van der Waals surface area contributed by atoms with E-state index in [9.17, 15) is 5.11 Å². The minimum atomic E-state index is -0.736. The molecule has 1 rings (SSSR count). The second-order valence-corrected chi connectivity index (χ2v) is 4.72. The van der Waals surface area contributed by atoms with Crippen LogP contribution in [0.25, 0.3) is 0 Å². The molecule has 5 heteroatoms. The van der Waals surface area contributed by atoms with Crippen LogP contribution in [-0.2, 0) is 4.74 Å². The number of nitrogens with zero attached hydrogens (tertiary/aromatic N) is 2. The Kier molecular flexibility index (Phi) is 4.77. The summed E-state index contributed by atoms with van der Waals surface area (Å²) >= 11 is 6.00. The smallest absolute Gasteiger partial charge is 0.120 e. The molecule has 16 heavy (non-hydrogen) atoms. The van der Waals surface area contributed by atoms with Crippen LogP contribution < -0.4 is 0 Å². The van der Waals surface area contributed by atoms with Gasteiger partial charge in [0.1, 0.15) is 6.10 Å². The molecule has 0 radical (unpaired) electrons. The lowest BCUT2D eigenvalue weighted by atomic mass is 10.2. The van der Waals surface area contributed by atoms with Crippen molar-refractivity contribution in [2.75, 3.05) is 6.61 Å². The van der Waals surface area contributed by atoms with Gasteiger partial charge >= 0.3 is 0 Å². The number of aliphatic hydroxyl groups is 1. The summed E-state index contributed by atoms with van der Waals surface area (Å²) in [5.41, 5.74) is 0.623. The van der Waals surface area contributed by atoms with E-state index in [0.29, 0.717) is 10.7 Å². The van der Waals surface area contributed by atoms with Gasteiger partial charge in [-0.25, -0.2) is 0 Å². The Labute approximate surface area is 101 Å². The van der Waals surface area contributed by atoms with Gasteiger partial charge in [0.2, 0.25) is 0 Å². The molecule has 0 saturated carbocycles. The van der Waals surface area contributed by atoms with Gasteiger partial charge in [-0.05, 0) is 27.7 Å². The van der Waals surface area contributed by atoms with Crippen LogP contribution in [0.3, 0.4) is 0 Å². The molecule has 4 nitrogen and oxygen atoms in total. The number of rotatable bonds is 5. The van der Waals surface area contributed by atoms with Crippen LogP contribution in [0, 0.1) is 0 Å². The predicted molar refractivity (Wildman–Crippen MR) is 63.7 cm³/mol. The van der Waals surface area contributed by atoms with Crippen LogP contribution in [-0.4, -0.2) is 27.6 Å². The van der Waals surface area contributed by atoms with E-state index in [4.69, 9.17) is 16.3 Å². The van der Waals surface area contributed by atoms with E-state index in [1.165, 1.54) is 0 Å². The van der Waals surface area contributed by atoms with Gasteiger partial charge in [-0.2, -0.15) is 5.10 Å². The first-order valence-corrected chi connectivity index (χ1v) is 5.83. The van der Waals surface area contributed by atoms with Crippen molar-refractivity contribution in [2.45, 2.75) is 45.9 Å². The van der Waals surface area contributed by atoms with Gasteiger partial charge in [0.05, 0.1) is 29.6 Å². The lowest BCUT2D eigenvalue weighted by Gasteiger charge is -2.17. The van der Waals surface area contributed by atoms with Crippen molar-refractivity contribution in [1.29, 1.82) is 0 Å². The number of halogens is 1. The molecular formula is C11H19ClN2O2. The number of hydrogen-bond donors (Lipinski definition) is 1. The lowest BCUT2D eigenvalue weighted by Crippen LogP contribution is -2.17. The van der Waals surface area contributed by atoms with E-state index in [1.54, 1.807) is 10.9 Å². The van der Waals surface area contributed by atoms with E-state index < -0.39 is 6.10 Å². The third kappa shape index (κ3) is 3.20. The minimum Gasteiger partial charge on any atom is -0.384 e. The lowest BCUT2D eigenvalue weighted by molar-refractivity contribution is 0.00113. The van der Waals surface area contributed by atoms with Gasteiger partial charge < -0.3 is 9.84 Å². The maximum atomic E-state index is 10.00. The fourth-order valence-corrected chi connectivity index (χ4v) is 1.69. The summed E-state index contributed by atoms with van der Waals surface area (Å²) in [6.07, 6.45) is 0.902. The maximum absolute atomic E-state index is 10.00. The largest absolute Gasteiger partial charge is 0.384 e. The molecule has 1 N–H and O–H groups in total. The molecular weight excluding hydrogens is 228 g/mol. The van der Waals surface area contributed by atoms with Gasteiger partial charge in [-0.1, -0.05) is 11.6 Å². The maximum Gasteiger partial charge on any atom is 0.120 e. The highest BCUT2D eigenvalue weighted by Crippen LogP contribution is 2.25. The summed E-state index contributed by atoms with van der Waals surface area (Å²) < 4.78 is 7.09. The second-order valence-electron chi connectivity index (χ2n) is 4.31. The summed E-state index contributed by atoms with van der Waals surface area (Å²) in [6, 6.07) is 0.163. The van der Waals surface area contributed by atoms with Gasteiger partial charge in [0.15, 0.2) is 0 Å². The normalized spacial score (nSPS) is 13.8. The molecule has 1 aromatic heterocycles. The Morgan fingerprint density at radius 3 is 2.56 bits per heavy atom. The van der Waals surface area contributed by atoms with Crippen LogP contribution in [0.2, 0.25) is 5.02 Å². The molecule has 1 aromatic rings. The molecule has 0 amide bonds. The Morgan fingerprint density at radius 2 is 2.06 bits per heavy atom. The molecule has 0 fully saturated rings. The molecule has 0 aliphatic carbocycles. The van der Waals surface area contributed by atoms with Crippen LogP contribution in [0.1, 0.15) is 45.5 Å². The number of aromatic nitrogens is 2. The second kappa shape index (κ2) is 5.66.